The summed E-state index contributed by atoms with van der Waals surface area (Å²) in [6.45, 7) is 0. The van der Waals surface area contributed by atoms with Crippen LogP contribution < -0.4 is 0 Å². The molecule has 20 heavy (non-hydrogen) atoms. The second kappa shape index (κ2) is 6.33. The fourth-order valence-electron chi connectivity index (χ4n) is 1.83. The molecule has 0 amide bonds. The number of Topliss-reactive ketones (excluding diaryl/α,β-unsaturated/α-hetero) is 1. The molecule has 0 heterocycles. The number of ketones is 1. The van der Waals surface area contributed by atoms with Crippen molar-refractivity contribution < 1.29 is 13.6 Å². The quantitative estimate of drug-likeness (QED) is 0.804. The standard InChI is InChI=1S/C15H10Cl2F2O/c16-14-4-3-11(18)5-10(14)7-13(20)6-9-1-2-12(19)8-15(9)17/h1-5,8H,6-7H2. The van der Waals surface area contributed by atoms with Gasteiger partial charge in [-0.05, 0) is 41.5 Å². The van der Waals surface area contributed by atoms with Crippen molar-refractivity contribution >= 4 is 29.0 Å². The molecular formula is C15H10Cl2F2O. The van der Waals surface area contributed by atoms with E-state index in [1.165, 1.54) is 30.3 Å². The van der Waals surface area contributed by atoms with Gasteiger partial charge < -0.3 is 0 Å². The van der Waals surface area contributed by atoms with Gasteiger partial charge in [-0.1, -0.05) is 29.3 Å². The van der Waals surface area contributed by atoms with Gasteiger partial charge in [-0.2, -0.15) is 0 Å². The first-order chi connectivity index (χ1) is 9.45. The largest absolute Gasteiger partial charge is 0.299 e. The zero-order chi connectivity index (χ0) is 14.7. The van der Waals surface area contributed by atoms with Gasteiger partial charge in [0.2, 0.25) is 0 Å². The number of hydrogen-bond donors (Lipinski definition) is 0. The van der Waals surface area contributed by atoms with E-state index < -0.39 is 11.6 Å². The molecule has 2 rings (SSSR count). The van der Waals surface area contributed by atoms with Crippen LogP contribution in [0.5, 0.6) is 0 Å². The highest BCUT2D eigenvalue weighted by molar-refractivity contribution is 6.32. The molecule has 0 bridgehead atoms. The van der Waals surface area contributed by atoms with E-state index in [1.807, 2.05) is 0 Å². The van der Waals surface area contributed by atoms with Crippen LogP contribution in [-0.2, 0) is 17.6 Å². The topological polar surface area (TPSA) is 17.1 Å². The molecule has 0 aliphatic carbocycles. The summed E-state index contributed by atoms with van der Waals surface area (Å²) >= 11 is 11.8. The molecule has 2 aromatic rings. The molecule has 0 saturated carbocycles. The average molecular weight is 315 g/mol. The van der Waals surface area contributed by atoms with Crippen molar-refractivity contribution in [2.24, 2.45) is 0 Å². The number of halogens is 4. The van der Waals surface area contributed by atoms with Gasteiger partial charge in [0.1, 0.15) is 17.4 Å². The first-order valence-corrected chi connectivity index (χ1v) is 6.61. The second-order valence-corrected chi connectivity index (χ2v) is 5.18. The summed E-state index contributed by atoms with van der Waals surface area (Å²) in [5, 5.41) is 0.536. The number of carbonyl (C=O) groups excluding carboxylic acids is 1. The van der Waals surface area contributed by atoms with Crippen molar-refractivity contribution in [2.45, 2.75) is 12.8 Å². The molecule has 0 saturated heterocycles. The molecule has 0 radical (unpaired) electrons. The number of carbonyl (C=O) groups is 1. The Bertz CT molecular complexity index is 656. The van der Waals surface area contributed by atoms with Gasteiger partial charge in [0.05, 0.1) is 0 Å². The molecule has 0 aromatic heterocycles. The van der Waals surface area contributed by atoms with Crippen LogP contribution in [0.2, 0.25) is 10.0 Å². The highest BCUT2D eigenvalue weighted by atomic mass is 35.5. The Hall–Kier alpha value is -1.45. The first-order valence-electron chi connectivity index (χ1n) is 5.85. The zero-order valence-electron chi connectivity index (χ0n) is 10.3. The van der Waals surface area contributed by atoms with Crippen molar-refractivity contribution in [3.05, 3.63) is 69.2 Å². The van der Waals surface area contributed by atoms with Crippen molar-refractivity contribution in [1.82, 2.24) is 0 Å². The van der Waals surface area contributed by atoms with Crippen molar-refractivity contribution in [1.29, 1.82) is 0 Å². The van der Waals surface area contributed by atoms with Crippen LogP contribution in [-0.4, -0.2) is 5.78 Å². The highest BCUT2D eigenvalue weighted by Gasteiger charge is 2.11. The van der Waals surface area contributed by atoms with Gasteiger partial charge in [-0.15, -0.1) is 0 Å². The molecule has 0 aliphatic rings. The van der Waals surface area contributed by atoms with Crippen LogP contribution in [0.15, 0.2) is 36.4 Å². The summed E-state index contributed by atoms with van der Waals surface area (Å²) in [7, 11) is 0. The maximum Gasteiger partial charge on any atom is 0.141 e. The van der Waals surface area contributed by atoms with Crippen LogP contribution in [0.25, 0.3) is 0 Å². The van der Waals surface area contributed by atoms with E-state index in [9.17, 15) is 13.6 Å². The van der Waals surface area contributed by atoms with E-state index in [0.29, 0.717) is 16.1 Å². The van der Waals surface area contributed by atoms with Crippen LogP contribution >= 0.6 is 23.2 Å². The third-order valence-electron chi connectivity index (χ3n) is 2.80. The van der Waals surface area contributed by atoms with Gasteiger partial charge in [0, 0.05) is 22.9 Å². The molecule has 5 heteroatoms. The van der Waals surface area contributed by atoms with E-state index in [1.54, 1.807) is 0 Å². The summed E-state index contributed by atoms with van der Waals surface area (Å²) in [6.07, 6.45) is 0.0518. The summed E-state index contributed by atoms with van der Waals surface area (Å²) in [4.78, 5) is 11.9. The smallest absolute Gasteiger partial charge is 0.141 e. The lowest BCUT2D eigenvalue weighted by Gasteiger charge is -2.06. The van der Waals surface area contributed by atoms with Crippen LogP contribution in [0.3, 0.4) is 0 Å². The Kier molecular flexibility index (Phi) is 4.73. The molecule has 0 spiro atoms. The van der Waals surface area contributed by atoms with Crippen LogP contribution in [0.1, 0.15) is 11.1 Å². The van der Waals surface area contributed by atoms with Crippen molar-refractivity contribution in [2.75, 3.05) is 0 Å². The van der Waals surface area contributed by atoms with Gasteiger partial charge in [0.15, 0.2) is 0 Å². The van der Waals surface area contributed by atoms with E-state index in [-0.39, 0.29) is 23.6 Å². The zero-order valence-corrected chi connectivity index (χ0v) is 11.8. The minimum Gasteiger partial charge on any atom is -0.299 e. The summed E-state index contributed by atoms with van der Waals surface area (Å²) < 4.78 is 26.0. The summed E-state index contributed by atoms with van der Waals surface area (Å²) in [5.41, 5.74) is 0.959. The van der Waals surface area contributed by atoms with Crippen molar-refractivity contribution in [3.8, 4) is 0 Å². The fraction of sp³-hybridized carbons (Fsp3) is 0.133. The molecule has 1 nitrogen and oxygen atoms in total. The SMILES string of the molecule is O=C(Cc1ccc(F)cc1Cl)Cc1cc(F)ccc1Cl. The van der Waals surface area contributed by atoms with E-state index in [2.05, 4.69) is 0 Å². The Morgan fingerprint density at radius 1 is 0.850 bits per heavy atom. The summed E-state index contributed by atoms with van der Waals surface area (Å²) in [6, 6.07) is 7.72. The maximum absolute atomic E-state index is 13.1. The lowest BCUT2D eigenvalue weighted by molar-refractivity contribution is -0.117. The molecule has 0 fully saturated rings. The Morgan fingerprint density at radius 3 is 2.15 bits per heavy atom. The van der Waals surface area contributed by atoms with Crippen LogP contribution in [0, 0.1) is 11.6 Å². The third kappa shape index (κ3) is 3.78. The third-order valence-corrected chi connectivity index (χ3v) is 3.52. The van der Waals surface area contributed by atoms with E-state index >= 15 is 0 Å². The van der Waals surface area contributed by atoms with Crippen LogP contribution in [0.4, 0.5) is 8.78 Å². The van der Waals surface area contributed by atoms with E-state index in [4.69, 9.17) is 23.2 Å². The summed E-state index contributed by atoms with van der Waals surface area (Å²) in [5.74, 6) is -1.08. The molecule has 2 aromatic carbocycles. The predicted molar refractivity (Wildman–Crippen MR) is 75.2 cm³/mol. The number of rotatable bonds is 4. The fourth-order valence-corrected chi connectivity index (χ4v) is 2.25. The lowest BCUT2D eigenvalue weighted by atomic mass is 10.0. The molecule has 0 aliphatic heterocycles. The Labute approximate surface area is 125 Å². The second-order valence-electron chi connectivity index (χ2n) is 4.36. The van der Waals surface area contributed by atoms with Crippen molar-refractivity contribution in [3.63, 3.8) is 0 Å². The normalized spacial score (nSPS) is 10.6. The van der Waals surface area contributed by atoms with Gasteiger partial charge in [-0.25, -0.2) is 8.78 Å². The maximum atomic E-state index is 13.1. The molecule has 0 unspecified atom stereocenters. The number of benzene rings is 2. The lowest BCUT2D eigenvalue weighted by Crippen LogP contribution is -2.07. The van der Waals surface area contributed by atoms with Gasteiger partial charge >= 0.3 is 0 Å². The Morgan fingerprint density at radius 2 is 1.45 bits per heavy atom. The highest BCUT2D eigenvalue weighted by Crippen LogP contribution is 2.21. The molecule has 0 N–H and O–H groups in total. The van der Waals surface area contributed by atoms with Gasteiger partial charge in [-0.3, -0.25) is 4.79 Å². The predicted octanol–water partition coefficient (Wildman–Crippen LogP) is 4.63. The monoisotopic (exact) mass is 314 g/mol. The number of hydrogen-bond acceptors (Lipinski definition) is 1. The van der Waals surface area contributed by atoms with Gasteiger partial charge in [0.25, 0.3) is 0 Å². The molecule has 0 atom stereocenters. The first kappa shape index (κ1) is 14.9. The minimum atomic E-state index is -0.459. The Balaban J connectivity index is 2.11. The molecule has 104 valence electrons. The minimum absolute atomic E-state index is 0.00426. The van der Waals surface area contributed by atoms with E-state index in [0.717, 1.165) is 6.07 Å². The average Bonchev–Trinajstić information content (AvgIpc) is 2.37. The molecular weight excluding hydrogens is 305 g/mol.